The Bertz CT molecular complexity index is 1570. The molecule has 4 aromatic rings. The molecule has 6 N–H and O–H groups in total. The molecule has 0 fully saturated rings. The molecule has 0 unspecified atom stereocenters. The van der Waals surface area contributed by atoms with Gasteiger partial charge in [0.05, 0.1) is 9.85 Å². The summed E-state index contributed by atoms with van der Waals surface area (Å²) in [6.45, 7) is 3.20. The van der Waals surface area contributed by atoms with Gasteiger partial charge in [-0.05, 0) is 49.2 Å². The molecule has 225 valence electrons. The molecule has 4 aromatic carbocycles. The summed E-state index contributed by atoms with van der Waals surface area (Å²) in [5.41, 5.74) is 0.425. The maximum absolute atomic E-state index is 10.7. The van der Waals surface area contributed by atoms with Gasteiger partial charge in [0.1, 0.15) is 57.2 Å². The van der Waals surface area contributed by atoms with Crippen molar-refractivity contribution >= 4 is 34.1 Å². The molecule has 0 aromatic heterocycles. The third kappa shape index (κ3) is 8.59. The van der Waals surface area contributed by atoms with Gasteiger partial charge in [-0.1, -0.05) is 0 Å². The van der Waals surface area contributed by atoms with Gasteiger partial charge in [0.25, 0.3) is 11.4 Å². The number of phenols is 6. The minimum Gasteiger partial charge on any atom is -0.508 e. The van der Waals surface area contributed by atoms with E-state index in [-0.39, 0.29) is 85.4 Å². The Hall–Kier alpha value is -5.81. The summed E-state index contributed by atoms with van der Waals surface area (Å²) >= 11 is 0. The van der Waals surface area contributed by atoms with E-state index in [2.05, 4.69) is 20.5 Å². The van der Waals surface area contributed by atoms with Crippen LogP contribution in [-0.4, -0.2) is 40.5 Å². The fourth-order valence-corrected chi connectivity index (χ4v) is 3.36. The predicted octanol–water partition coefficient (Wildman–Crippen LogP) is 6.87. The second-order valence-corrected chi connectivity index (χ2v) is 8.52. The van der Waals surface area contributed by atoms with E-state index in [1.807, 2.05) is 0 Å². The number of aromatic hydroxyl groups is 6. The average molecular weight is 637 g/mol. The van der Waals surface area contributed by atoms with Crippen molar-refractivity contribution in [2.24, 2.45) is 20.5 Å². The van der Waals surface area contributed by atoms with Crippen LogP contribution in [-0.2, 0) is 16.8 Å². The van der Waals surface area contributed by atoms with Crippen LogP contribution < -0.4 is 0 Å². The van der Waals surface area contributed by atoms with Crippen molar-refractivity contribution in [3.63, 3.8) is 0 Å². The number of aryl methyl sites for hydroxylation is 2. The van der Waals surface area contributed by atoms with E-state index < -0.39 is 9.85 Å². The maximum Gasteiger partial charge on any atom is 0.271 e. The largest absolute Gasteiger partial charge is 0.508 e. The van der Waals surface area contributed by atoms with Crippen LogP contribution >= 0.6 is 0 Å². The summed E-state index contributed by atoms with van der Waals surface area (Å²) in [5.74, 6) is -1.38. The normalized spacial score (nSPS) is 10.7. The molecule has 43 heavy (non-hydrogen) atoms. The van der Waals surface area contributed by atoms with Crippen molar-refractivity contribution in [2.45, 2.75) is 13.8 Å². The van der Waals surface area contributed by atoms with Crippen LogP contribution in [0.15, 0.2) is 81.1 Å². The first-order valence-electron chi connectivity index (χ1n) is 11.6. The molecule has 0 bridgehead atoms. The second kappa shape index (κ2) is 14.2. The molecule has 0 saturated heterocycles. The molecule has 1 radical (unpaired) electrons. The van der Waals surface area contributed by atoms with Gasteiger partial charge in [-0.2, -0.15) is 0 Å². The predicted molar refractivity (Wildman–Crippen MR) is 147 cm³/mol. The summed E-state index contributed by atoms with van der Waals surface area (Å²) in [5, 5.41) is 93.4. The van der Waals surface area contributed by atoms with Crippen molar-refractivity contribution in [3.8, 4) is 34.5 Å². The molecule has 0 aliphatic heterocycles. The fraction of sp³-hybridized carbons (Fsp3) is 0.0769. The van der Waals surface area contributed by atoms with E-state index in [0.717, 1.165) is 48.5 Å². The molecule has 4 rings (SSSR count). The SMILES string of the molecule is Cc1cc(O)cc(O)c1N=Nc1cc([N+](=O)[O-])ccc1O.Cc1cc(O)cc(O)c1N=Nc1cc([N+](=O)[O-])ccc1O.[Co]. The molecular weight excluding hydrogens is 615 g/mol. The third-order valence-corrected chi connectivity index (χ3v) is 5.39. The smallest absolute Gasteiger partial charge is 0.271 e. The van der Waals surface area contributed by atoms with Crippen LogP contribution in [0.5, 0.6) is 34.5 Å². The van der Waals surface area contributed by atoms with Gasteiger partial charge < -0.3 is 30.6 Å². The molecule has 0 aliphatic carbocycles. The maximum atomic E-state index is 10.7. The summed E-state index contributed by atoms with van der Waals surface area (Å²) in [4.78, 5) is 20.1. The molecule has 0 spiro atoms. The zero-order chi connectivity index (χ0) is 31.1. The topological polar surface area (TPSA) is 257 Å². The van der Waals surface area contributed by atoms with Crippen molar-refractivity contribution < 1.29 is 57.3 Å². The Balaban J connectivity index is 0.000000293. The van der Waals surface area contributed by atoms with Crippen LogP contribution in [0, 0.1) is 34.1 Å². The Morgan fingerprint density at radius 3 is 1.19 bits per heavy atom. The van der Waals surface area contributed by atoms with Gasteiger partial charge in [0.2, 0.25) is 0 Å². The van der Waals surface area contributed by atoms with E-state index in [4.69, 9.17) is 0 Å². The number of azo groups is 2. The number of nitrogens with zero attached hydrogens (tertiary/aromatic N) is 6. The van der Waals surface area contributed by atoms with Gasteiger partial charge in [-0.15, -0.1) is 20.5 Å². The molecule has 0 saturated carbocycles. The summed E-state index contributed by atoms with van der Waals surface area (Å²) in [6.07, 6.45) is 0. The summed E-state index contributed by atoms with van der Waals surface area (Å²) in [7, 11) is 0. The zero-order valence-electron chi connectivity index (χ0n) is 22.1. The average Bonchev–Trinajstić information content (AvgIpc) is 2.89. The first kappa shape index (κ1) is 33.4. The molecule has 0 heterocycles. The van der Waals surface area contributed by atoms with Crippen molar-refractivity contribution in [2.75, 3.05) is 0 Å². The molecule has 0 atom stereocenters. The van der Waals surface area contributed by atoms with E-state index in [9.17, 15) is 50.9 Å². The number of non-ortho nitro benzene ring substituents is 2. The number of benzene rings is 4. The number of nitro groups is 2. The van der Waals surface area contributed by atoms with Crippen molar-refractivity contribution in [3.05, 3.63) is 92.0 Å². The summed E-state index contributed by atoms with van der Waals surface area (Å²) in [6, 6.07) is 11.6. The minimum absolute atomic E-state index is 0. The molecule has 0 aliphatic rings. The third-order valence-electron chi connectivity index (χ3n) is 5.39. The van der Waals surface area contributed by atoms with Crippen LogP contribution in [0.2, 0.25) is 0 Å². The van der Waals surface area contributed by atoms with Gasteiger partial charge in [-0.25, -0.2) is 0 Å². The Labute approximate surface area is 252 Å². The van der Waals surface area contributed by atoms with Gasteiger partial charge in [0, 0.05) is 53.2 Å². The van der Waals surface area contributed by atoms with Gasteiger partial charge >= 0.3 is 0 Å². The fourth-order valence-electron chi connectivity index (χ4n) is 3.36. The first-order chi connectivity index (χ1) is 19.8. The van der Waals surface area contributed by atoms with E-state index in [1.165, 1.54) is 12.1 Å². The quantitative estimate of drug-likeness (QED) is 0.0726. The van der Waals surface area contributed by atoms with E-state index >= 15 is 0 Å². The molecular formula is C26H22CoN6O10. The van der Waals surface area contributed by atoms with Crippen LogP contribution in [0.1, 0.15) is 11.1 Å². The monoisotopic (exact) mass is 637 g/mol. The molecule has 0 amide bonds. The van der Waals surface area contributed by atoms with E-state index in [1.54, 1.807) is 13.8 Å². The Morgan fingerprint density at radius 2 is 0.884 bits per heavy atom. The summed E-state index contributed by atoms with van der Waals surface area (Å²) < 4.78 is 0. The van der Waals surface area contributed by atoms with Crippen LogP contribution in [0.4, 0.5) is 34.1 Å². The number of phenolic OH excluding ortho intramolecular Hbond substituents is 6. The number of nitro benzene ring substituents is 2. The van der Waals surface area contributed by atoms with Gasteiger partial charge in [0.15, 0.2) is 0 Å². The second-order valence-electron chi connectivity index (χ2n) is 8.52. The standard InChI is InChI=1S/2C13H11N3O5.Co/c2*1-7-4-9(17)6-12(19)13(7)15-14-10-5-8(16(20)21)2-3-11(10)18;/h2*2-6,17-19H,1H3;. The first-order valence-corrected chi connectivity index (χ1v) is 11.6. The Morgan fingerprint density at radius 1 is 0.535 bits per heavy atom. The van der Waals surface area contributed by atoms with Crippen LogP contribution in [0.3, 0.4) is 0 Å². The van der Waals surface area contributed by atoms with Crippen molar-refractivity contribution in [1.29, 1.82) is 0 Å². The number of hydrogen-bond donors (Lipinski definition) is 6. The minimum atomic E-state index is -0.623. The number of hydrogen-bond acceptors (Lipinski definition) is 14. The van der Waals surface area contributed by atoms with Gasteiger partial charge in [-0.3, -0.25) is 20.2 Å². The van der Waals surface area contributed by atoms with Crippen LogP contribution in [0.25, 0.3) is 0 Å². The molecule has 17 heteroatoms. The Kier molecular flexibility index (Phi) is 11.0. The van der Waals surface area contributed by atoms with E-state index in [0.29, 0.717) is 11.1 Å². The zero-order valence-corrected chi connectivity index (χ0v) is 23.1. The number of rotatable bonds is 6. The molecule has 16 nitrogen and oxygen atoms in total. The van der Waals surface area contributed by atoms with Crippen molar-refractivity contribution in [1.82, 2.24) is 0 Å².